The van der Waals surface area contributed by atoms with Crippen LogP contribution in [0.2, 0.25) is 0 Å². The van der Waals surface area contributed by atoms with E-state index in [-0.39, 0.29) is 5.91 Å². The van der Waals surface area contributed by atoms with Gasteiger partial charge in [0.1, 0.15) is 0 Å². The smallest absolute Gasteiger partial charge is 0.236 e. The number of amides is 1. The maximum Gasteiger partial charge on any atom is 0.236 e. The van der Waals surface area contributed by atoms with Crippen LogP contribution in [0.4, 0.5) is 0 Å². The molecule has 0 heterocycles. The fourth-order valence-corrected chi connectivity index (χ4v) is 2.34. The molecule has 0 radical (unpaired) electrons. The van der Waals surface area contributed by atoms with E-state index in [1.54, 1.807) is 0 Å². The first-order chi connectivity index (χ1) is 7.56. The molecule has 94 valence electrons. The largest absolute Gasteiger partial charge is 0.342 e. The van der Waals surface area contributed by atoms with Gasteiger partial charge in [0.25, 0.3) is 0 Å². The number of carbonyl (C=O) groups excluding carboxylic acids is 1. The molecule has 0 saturated heterocycles. The zero-order valence-electron chi connectivity index (χ0n) is 11.2. The van der Waals surface area contributed by atoms with Gasteiger partial charge in [0.05, 0.1) is 6.54 Å². The lowest BCUT2D eigenvalue weighted by molar-refractivity contribution is -0.133. The van der Waals surface area contributed by atoms with Crippen LogP contribution in [0.5, 0.6) is 0 Å². The molecule has 1 aliphatic rings. The second-order valence-electron chi connectivity index (χ2n) is 5.10. The van der Waals surface area contributed by atoms with E-state index in [0.29, 0.717) is 18.6 Å². The van der Waals surface area contributed by atoms with Crippen LogP contribution < -0.4 is 0 Å². The minimum Gasteiger partial charge on any atom is -0.342 e. The summed E-state index contributed by atoms with van der Waals surface area (Å²) in [6.07, 6.45) is 5.20. The third-order valence-electron chi connectivity index (χ3n) is 3.75. The lowest BCUT2D eigenvalue weighted by atomic mass is 10.2. The lowest BCUT2D eigenvalue weighted by Gasteiger charge is -2.30. The predicted octanol–water partition coefficient (Wildman–Crippen LogP) is 2.12. The number of likely N-dealkylation sites (N-methyl/N-ethyl adjacent to an activating group) is 2. The summed E-state index contributed by atoms with van der Waals surface area (Å²) in [6.45, 7) is 7.85. The molecule has 0 aromatic rings. The Labute approximate surface area is 99.8 Å². The van der Waals surface area contributed by atoms with E-state index in [2.05, 4.69) is 25.7 Å². The van der Waals surface area contributed by atoms with Crippen LogP contribution in [0, 0.1) is 0 Å². The van der Waals surface area contributed by atoms with Gasteiger partial charge in [-0.3, -0.25) is 9.69 Å². The fraction of sp³-hybridized carbons (Fsp3) is 0.923. The van der Waals surface area contributed by atoms with Gasteiger partial charge in [0.15, 0.2) is 0 Å². The van der Waals surface area contributed by atoms with Gasteiger partial charge in [0.2, 0.25) is 5.91 Å². The molecule has 0 aliphatic heterocycles. The Morgan fingerprint density at radius 3 is 2.31 bits per heavy atom. The summed E-state index contributed by atoms with van der Waals surface area (Å²) in [4.78, 5) is 16.2. The average molecular weight is 226 g/mol. The quantitative estimate of drug-likeness (QED) is 0.717. The lowest BCUT2D eigenvalue weighted by Crippen LogP contribution is -2.44. The molecule has 0 aromatic heterocycles. The molecule has 0 spiro atoms. The van der Waals surface area contributed by atoms with Crippen molar-refractivity contribution in [1.82, 2.24) is 9.80 Å². The van der Waals surface area contributed by atoms with E-state index in [0.717, 1.165) is 6.54 Å². The molecule has 3 heteroatoms. The molecule has 0 atom stereocenters. The van der Waals surface area contributed by atoms with Crippen molar-refractivity contribution in [1.29, 1.82) is 0 Å². The first-order valence-electron chi connectivity index (χ1n) is 6.56. The molecule has 0 N–H and O–H groups in total. The van der Waals surface area contributed by atoms with Crippen molar-refractivity contribution in [3.05, 3.63) is 0 Å². The molecular weight excluding hydrogens is 200 g/mol. The zero-order chi connectivity index (χ0) is 12.1. The van der Waals surface area contributed by atoms with E-state index in [9.17, 15) is 4.79 Å². The summed E-state index contributed by atoms with van der Waals surface area (Å²) in [6, 6.07) is 0.948. The normalized spacial score (nSPS) is 17.4. The van der Waals surface area contributed by atoms with E-state index in [1.807, 2.05) is 11.9 Å². The van der Waals surface area contributed by atoms with Gasteiger partial charge in [-0.2, -0.15) is 0 Å². The van der Waals surface area contributed by atoms with Crippen molar-refractivity contribution in [2.75, 3.05) is 20.1 Å². The summed E-state index contributed by atoms with van der Waals surface area (Å²) in [5.74, 6) is 0.253. The number of hydrogen-bond donors (Lipinski definition) is 0. The molecule has 0 aromatic carbocycles. The van der Waals surface area contributed by atoms with E-state index >= 15 is 0 Å². The second kappa shape index (κ2) is 6.24. The highest BCUT2D eigenvalue weighted by molar-refractivity contribution is 5.78. The Hall–Kier alpha value is -0.570. The second-order valence-corrected chi connectivity index (χ2v) is 5.10. The maximum atomic E-state index is 12.0. The first kappa shape index (κ1) is 13.5. The Morgan fingerprint density at radius 2 is 1.88 bits per heavy atom. The van der Waals surface area contributed by atoms with Gasteiger partial charge in [0, 0.05) is 19.1 Å². The zero-order valence-corrected chi connectivity index (χ0v) is 11.2. The molecule has 3 nitrogen and oxygen atoms in total. The average Bonchev–Trinajstić information content (AvgIpc) is 2.77. The van der Waals surface area contributed by atoms with Crippen LogP contribution in [0.25, 0.3) is 0 Å². The number of carbonyl (C=O) groups is 1. The van der Waals surface area contributed by atoms with Gasteiger partial charge in [-0.25, -0.2) is 0 Å². The Kier molecular flexibility index (Phi) is 5.26. The summed E-state index contributed by atoms with van der Waals surface area (Å²) in [5.41, 5.74) is 0. The predicted molar refractivity (Wildman–Crippen MR) is 67.4 cm³/mol. The first-order valence-corrected chi connectivity index (χ1v) is 6.56. The Bertz CT molecular complexity index is 222. The topological polar surface area (TPSA) is 23.6 Å². The molecule has 1 fully saturated rings. The van der Waals surface area contributed by atoms with Crippen molar-refractivity contribution in [3.8, 4) is 0 Å². The monoisotopic (exact) mass is 226 g/mol. The highest BCUT2D eigenvalue weighted by Crippen LogP contribution is 2.23. The summed E-state index contributed by atoms with van der Waals surface area (Å²) in [7, 11) is 1.90. The van der Waals surface area contributed by atoms with Crippen molar-refractivity contribution in [2.45, 2.75) is 58.5 Å². The fourth-order valence-electron chi connectivity index (χ4n) is 2.34. The summed E-state index contributed by atoms with van der Waals surface area (Å²) < 4.78 is 0. The van der Waals surface area contributed by atoms with Gasteiger partial charge in [-0.15, -0.1) is 0 Å². The summed E-state index contributed by atoms with van der Waals surface area (Å²) >= 11 is 0. The molecule has 0 bridgehead atoms. The van der Waals surface area contributed by atoms with Crippen LogP contribution in [0.3, 0.4) is 0 Å². The van der Waals surface area contributed by atoms with E-state index in [4.69, 9.17) is 0 Å². The van der Waals surface area contributed by atoms with Gasteiger partial charge < -0.3 is 4.90 Å². The molecule has 1 amide bonds. The third-order valence-corrected chi connectivity index (χ3v) is 3.75. The third kappa shape index (κ3) is 3.48. The van der Waals surface area contributed by atoms with Crippen LogP contribution in [0.1, 0.15) is 46.5 Å². The highest BCUT2D eigenvalue weighted by Gasteiger charge is 2.24. The van der Waals surface area contributed by atoms with Crippen molar-refractivity contribution in [3.63, 3.8) is 0 Å². The van der Waals surface area contributed by atoms with Gasteiger partial charge in [-0.05, 0) is 33.2 Å². The Morgan fingerprint density at radius 1 is 1.31 bits per heavy atom. The summed E-state index contributed by atoms with van der Waals surface area (Å²) in [5, 5.41) is 0. The molecule has 1 rings (SSSR count). The van der Waals surface area contributed by atoms with Gasteiger partial charge in [-0.1, -0.05) is 19.8 Å². The van der Waals surface area contributed by atoms with Crippen LogP contribution >= 0.6 is 0 Å². The number of nitrogens with zero attached hydrogens (tertiary/aromatic N) is 2. The van der Waals surface area contributed by atoms with Crippen LogP contribution in [-0.2, 0) is 4.79 Å². The van der Waals surface area contributed by atoms with Crippen molar-refractivity contribution in [2.24, 2.45) is 0 Å². The number of hydrogen-bond acceptors (Lipinski definition) is 2. The minimum absolute atomic E-state index is 0.253. The van der Waals surface area contributed by atoms with Crippen molar-refractivity contribution < 1.29 is 4.79 Å². The highest BCUT2D eigenvalue weighted by atomic mass is 16.2. The molecular formula is C13H26N2O. The van der Waals surface area contributed by atoms with Crippen LogP contribution in [-0.4, -0.2) is 47.9 Å². The van der Waals surface area contributed by atoms with E-state index in [1.165, 1.54) is 25.7 Å². The van der Waals surface area contributed by atoms with Crippen LogP contribution in [0.15, 0.2) is 0 Å². The molecule has 16 heavy (non-hydrogen) atoms. The standard InChI is InChI=1S/C13H26N2O/c1-5-15(12-8-6-7-9-12)10-13(16)14(4)11(2)3/h11-12H,5-10H2,1-4H3. The minimum atomic E-state index is 0.253. The van der Waals surface area contributed by atoms with E-state index < -0.39 is 0 Å². The van der Waals surface area contributed by atoms with Crippen molar-refractivity contribution >= 4 is 5.91 Å². The molecule has 1 aliphatic carbocycles. The maximum absolute atomic E-state index is 12.0. The molecule has 1 saturated carbocycles. The SMILES string of the molecule is CCN(CC(=O)N(C)C(C)C)C1CCCC1. The molecule has 0 unspecified atom stereocenters. The number of rotatable bonds is 5. The van der Waals surface area contributed by atoms with Gasteiger partial charge >= 0.3 is 0 Å². The Balaban J connectivity index is 2.46.